The number of nitrogens with zero attached hydrogens (tertiary/aromatic N) is 4. The Morgan fingerprint density at radius 3 is 0.773 bits per heavy atom. The number of rotatable bonds is 50. The number of nitrogens with one attached hydrogen (secondary N) is 2. The Balaban J connectivity index is -0.000000294. The van der Waals surface area contributed by atoms with E-state index < -0.39 is 121 Å². The summed E-state index contributed by atoms with van der Waals surface area (Å²) in [4.78, 5) is 185. The van der Waals surface area contributed by atoms with Crippen molar-refractivity contribution in [2.45, 2.75) is 119 Å². The van der Waals surface area contributed by atoms with E-state index >= 15 is 0 Å². The van der Waals surface area contributed by atoms with E-state index in [1.54, 1.807) is 0 Å². The minimum absolute atomic E-state index is 0.0389. The van der Waals surface area contributed by atoms with Crippen LogP contribution in [0.2, 0.25) is 0 Å². The minimum Gasteiger partial charge on any atom is -0.544 e. The van der Waals surface area contributed by atoms with E-state index in [1.807, 2.05) is 0 Å². The molecule has 0 atom stereocenters. The molecule has 2 fully saturated rings. The number of carboxylic acid groups (broad SMARTS) is 4. The zero-order valence-corrected chi connectivity index (χ0v) is 64.8. The third-order valence-electron chi connectivity index (χ3n) is 12.0. The smallest absolute Gasteiger partial charge is 0.358 e. The average Bonchev–Trinajstić information content (AvgIpc) is 1.74. The van der Waals surface area contributed by atoms with E-state index in [0.29, 0.717) is 34.3 Å². The molecule has 110 heavy (non-hydrogen) atoms. The summed E-state index contributed by atoms with van der Waals surface area (Å²) in [6.07, 6.45) is 4.36. The van der Waals surface area contributed by atoms with Crippen LogP contribution in [0.15, 0.2) is 50.6 Å². The molecular weight excluding hydrogens is 1470 g/mol. The number of quaternary nitrogens is 2. The summed E-state index contributed by atoms with van der Waals surface area (Å²) in [5.74, 6) is -11.5. The average molecular weight is 1590 g/mol. The maximum absolute atomic E-state index is 11.3. The van der Waals surface area contributed by atoms with Gasteiger partial charge in [-0.1, -0.05) is 40.2 Å². The van der Waals surface area contributed by atoms with Crippen LogP contribution in [0.25, 0.3) is 0 Å². The Bertz CT molecular complexity index is 2490. The number of hydrogen-bond donors (Lipinski definition) is 6. The van der Waals surface area contributed by atoms with Crippen LogP contribution in [0, 0.1) is 0 Å². The molecule has 0 aromatic rings. The van der Waals surface area contributed by atoms with E-state index in [2.05, 4.69) is 156 Å². The van der Waals surface area contributed by atoms with Crippen molar-refractivity contribution in [2.24, 2.45) is 0 Å². The summed E-state index contributed by atoms with van der Waals surface area (Å²) in [6, 6.07) is 2.76. The van der Waals surface area contributed by atoms with E-state index in [0.717, 1.165) is 37.4 Å². The van der Waals surface area contributed by atoms with Gasteiger partial charge in [-0.05, 0) is 68.5 Å². The van der Waals surface area contributed by atoms with Crippen molar-refractivity contribution in [2.75, 3.05) is 171 Å². The lowest BCUT2D eigenvalue weighted by atomic mass is 10.2. The molecule has 6 amide bonds. The van der Waals surface area contributed by atoms with Crippen LogP contribution in [0.5, 0.6) is 0 Å². The predicted octanol–water partition coefficient (Wildman–Crippen LogP) is -5.18. The lowest BCUT2D eigenvalue weighted by molar-refractivity contribution is -0.396. The van der Waals surface area contributed by atoms with Crippen LogP contribution in [0.1, 0.15) is 94.9 Å². The number of carboxylic acids is 4. The van der Waals surface area contributed by atoms with Gasteiger partial charge in [0.15, 0.2) is 0 Å². The summed E-state index contributed by atoms with van der Waals surface area (Å²) in [7, 11) is 0. The van der Waals surface area contributed by atoms with Crippen LogP contribution in [-0.4, -0.2) is 321 Å². The van der Waals surface area contributed by atoms with Gasteiger partial charge in [0.05, 0.1) is 91.2 Å². The Hall–Kier alpha value is -9.60. The van der Waals surface area contributed by atoms with Gasteiger partial charge in [0, 0.05) is 74.2 Å². The topological polar surface area (TPSA) is 581 Å². The molecule has 0 spiro atoms. The first-order valence-electron chi connectivity index (χ1n) is 34.3. The number of amides is 6. The maximum Gasteiger partial charge on any atom is 0.358 e. The monoisotopic (exact) mass is 1590 g/mol. The van der Waals surface area contributed by atoms with E-state index in [1.165, 1.54) is 0 Å². The van der Waals surface area contributed by atoms with Crippen molar-refractivity contribution in [1.82, 2.24) is 30.6 Å². The van der Waals surface area contributed by atoms with Gasteiger partial charge in [-0.15, -0.1) is 10.1 Å². The van der Waals surface area contributed by atoms with Crippen molar-refractivity contribution in [3.63, 3.8) is 0 Å². The van der Waals surface area contributed by atoms with Crippen molar-refractivity contribution >= 4 is 95.1 Å². The fourth-order valence-corrected chi connectivity index (χ4v) is 7.24. The number of esters is 4. The molecule has 632 valence electrons. The summed E-state index contributed by atoms with van der Waals surface area (Å²) < 4.78 is 58.6. The SMILES string of the molecule is C=CC(=O)OCCOCCOCC(=O)NCC(=O)O.C=CC(=O)OCCOCCOCC(=O)NCC(=O)O.C=CC(=O)OCCOCCOCC(=O)ON1C(=O)CCC1=O.C=CC(=O)OCCOCCOCC(=O)ON1C(=O)CCC1=O.CCN(C(C)C)C(C)C.CCN(C(C)C)C(C)C.[NH3+]CC(=O)[O-].[NH3+]CC(=O)[O-]. The first-order chi connectivity index (χ1) is 51.9. The molecule has 0 aromatic carbocycles. The second kappa shape index (κ2) is 76.2. The summed E-state index contributed by atoms with van der Waals surface area (Å²) in [5, 5.41) is 40.2. The molecule has 2 aliphatic heterocycles. The Labute approximate surface area is 640 Å². The Morgan fingerprint density at radius 2 is 0.600 bits per heavy atom. The number of ether oxygens (including phenoxy) is 12. The fraction of sp³-hybridized carbons (Fsp3) is 0.647. The third-order valence-corrected chi connectivity index (χ3v) is 12.0. The quantitative estimate of drug-likeness (QED) is 0.0109. The lowest BCUT2D eigenvalue weighted by Gasteiger charge is -2.28. The molecule has 0 bridgehead atoms. The predicted molar refractivity (Wildman–Crippen MR) is 378 cm³/mol. The van der Waals surface area contributed by atoms with Gasteiger partial charge in [0.25, 0.3) is 23.6 Å². The minimum atomic E-state index is -1.12. The molecule has 42 heteroatoms. The first kappa shape index (κ1) is 111. The number of hydrogen-bond acceptors (Lipinski definition) is 34. The standard InChI is InChI=1S/2C13H17NO8.2C11H17NO7.2C8H19N.2C2H5NO2/c2*1-2-12(17)21-8-7-19-5-6-20-9-13(18)22-14-10(15)3-4-11(14)16;2*1-2-11(16)19-6-5-17-3-4-18-8-9(13)12-7-10(14)15;2*1-6-9(7(2)3)8(4)5;2*3-1-2(4)5/h2*2H,1,3-9H2;2*2H,1,3-8H2,(H,12,13)(H,14,15);2*7-8H,6H2,1-5H3;2*1,3H2,(H,4,5). The molecule has 0 unspecified atom stereocenters. The molecule has 0 aromatic heterocycles. The molecule has 0 aliphatic carbocycles. The van der Waals surface area contributed by atoms with Gasteiger partial charge in [-0.3, -0.25) is 48.2 Å². The zero-order valence-electron chi connectivity index (χ0n) is 64.8. The molecule has 2 heterocycles. The highest BCUT2D eigenvalue weighted by Crippen LogP contribution is 2.13. The molecule has 42 nitrogen and oxygen atoms in total. The van der Waals surface area contributed by atoms with Crippen molar-refractivity contribution in [3.8, 4) is 0 Å². The van der Waals surface area contributed by atoms with Gasteiger partial charge >= 0.3 is 47.8 Å². The highest BCUT2D eigenvalue weighted by Gasteiger charge is 2.34. The third kappa shape index (κ3) is 76.6. The highest BCUT2D eigenvalue weighted by molar-refractivity contribution is 6.02. The van der Waals surface area contributed by atoms with Gasteiger partial charge in [-0.2, -0.15) is 0 Å². The molecule has 2 aliphatic rings. The zero-order chi connectivity index (χ0) is 85.2. The fourth-order valence-electron chi connectivity index (χ4n) is 7.24. The van der Waals surface area contributed by atoms with Crippen LogP contribution in [0.3, 0.4) is 0 Å². The van der Waals surface area contributed by atoms with Gasteiger partial charge in [-0.25, -0.2) is 28.8 Å². The number of hydroxylamine groups is 4. The van der Waals surface area contributed by atoms with Gasteiger partial charge in [0.2, 0.25) is 11.8 Å². The summed E-state index contributed by atoms with van der Waals surface area (Å²) in [6.45, 7) is 37.8. The summed E-state index contributed by atoms with van der Waals surface area (Å²) >= 11 is 0. The second-order valence-corrected chi connectivity index (χ2v) is 21.9. The van der Waals surface area contributed by atoms with E-state index in [-0.39, 0.29) is 158 Å². The second-order valence-electron chi connectivity index (χ2n) is 21.9. The van der Waals surface area contributed by atoms with Gasteiger partial charge in [0.1, 0.15) is 79.0 Å². The molecule has 0 saturated carbocycles. The number of imide groups is 2. The van der Waals surface area contributed by atoms with E-state index in [9.17, 15) is 86.9 Å². The largest absolute Gasteiger partial charge is 0.544 e. The van der Waals surface area contributed by atoms with Gasteiger partial charge < -0.3 is 119 Å². The van der Waals surface area contributed by atoms with Crippen molar-refractivity contribution in [3.05, 3.63) is 50.6 Å². The lowest BCUT2D eigenvalue weighted by Crippen LogP contribution is -2.58. The first-order valence-corrected chi connectivity index (χ1v) is 34.3. The molecule has 10 N–H and O–H groups in total. The molecular formula is C68H116N8O34. The Morgan fingerprint density at radius 1 is 0.400 bits per heavy atom. The van der Waals surface area contributed by atoms with Crippen LogP contribution in [-0.2, 0) is 143 Å². The molecule has 2 rings (SSSR count). The number of carbonyl (C=O) groups excluding carboxylic acids is 14. The normalized spacial score (nSPS) is 11.6. The number of aliphatic carboxylic acids is 4. The number of carbonyl (C=O) groups is 16. The summed E-state index contributed by atoms with van der Waals surface area (Å²) in [5.41, 5.74) is 6.05. The van der Waals surface area contributed by atoms with Crippen LogP contribution >= 0.6 is 0 Å². The molecule has 0 radical (unpaired) electrons. The van der Waals surface area contributed by atoms with E-state index in [4.69, 9.17) is 48.1 Å². The maximum atomic E-state index is 11.3. The van der Waals surface area contributed by atoms with Crippen LogP contribution < -0.4 is 32.3 Å². The van der Waals surface area contributed by atoms with Crippen molar-refractivity contribution < 1.29 is 175 Å². The Kier molecular flexibility index (Phi) is 77.1. The highest BCUT2D eigenvalue weighted by atomic mass is 16.7. The van der Waals surface area contributed by atoms with Crippen molar-refractivity contribution in [1.29, 1.82) is 0 Å². The molecule has 2 saturated heterocycles. The van der Waals surface area contributed by atoms with Crippen LogP contribution in [0.4, 0.5) is 0 Å².